The Labute approximate surface area is 127 Å². The van der Waals surface area contributed by atoms with Gasteiger partial charge < -0.3 is 5.73 Å². The second-order valence-corrected chi connectivity index (χ2v) is 5.51. The first-order valence-electron chi connectivity index (χ1n) is 7.60. The minimum atomic E-state index is 0.250. The van der Waals surface area contributed by atoms with Crippen molar-refractivity contribution in [2.24, 2.45) is 5.73 Å². The van der Waals surface area contributed by atoms with Crippen LogP contribution in [0.3, 0.4) is 0 Å². The van der Waals surface area contributed by atoms with Gasteiger partial charge in [-0.1, -0.05) is 79.9 Å². The van der Waals surface area contributed by atoms with E-state index < -0.39 is 0 Å². The molecule has 2 aromatic carbocycles. The van der Waals surface area contributed by atoms with Crippen LogP contribution >= 0.6 is 0 Å². The van der Waals surface area contributed by atoms with Crippen molar-refractivity contribution < 1.29 is 4.79 Å². The second-order valence-electron chi connectivity index (χ2n) is 5.51. The van der Waals surface area contributed by atoms with Gasteiger partial charge in [-0.25, -0.2) is 0 Å². The summed E-state index contributed by atoms with van der Waals surface area (Å²) in [7, 11) is 0. The minimum Gasteiger partial charge on any atom is -0.372 e. The summed E-state index contributed by atoms with van der Waals surface area (Å²) in [6.45, 7) is 0. The highest BCUT2D eigenvalue weighted by atomic mass is 16.1. The molecule has 0 aliphatic heterocycles. The first-order valence-corrected chi connectivity index (χ1v) is 7.60. The average Bonchev–Trinajstić information content (AvgIpc) is 2.58. The first-order chi connectivity index (χ1) is 10.3. The molecule has 1 fully saturated rings. The number of rotatable bonds is 2. The molecule has 1 aliphatic rings. The molecule has 3 rings (SSSR count). The van der Waals surface area contributed by atoms with Crippen LogP contribution in [0, 0.1) is 0 Å². The standard InChI is InChI=1S/C18H20.CH3NO/c1-4-10-16(11-5-1)18(14-8-3-9-15-18)17-12-6-2-7-13-17;2-1-3/h1-2,4-7,10-13H,3,8-9,14-15H2;1H,(H2,2,3). The Morgan fingerprint density at radius 1 is 0.762 bits per heavy atom. The van der Waals surface area contributed by atoms with Crippen LogP contribution in [0.2, 0.25) is 0 Å². The van der Waals surface area contributed by atoms with Crippen LogP contribution in [0.4, 0.5) is 0 Å². The summed E-state index contributed by atoms with van der Waals surface area (Å²) in [6.07, 6.45) is 6.93. The van der Waals surface area contributed by atoms with E-state index in [0.717, 1.165) is 0 Å². The molecule has 2 heteroatoms. The Kier molecular flexibility index (Phi) is 5.56. The normalized spacial score (nSPS) is 16.4. The van der Waals surface area contributed by atoms with Crippen molar-refractivity contribution in [3.05, 3.63) is 71.8 Å². The summed E-state index contributed by atoms with van der Waals surface area (Å²) in [5, 5.41) is 0. The lowest BCUT2D eigenvalue weighted by atomic mass is 9.65. The van der Waals surface area contributed by atoms with Crippen molar-refractivity contribution in [1.82, 2.24) is 0 Å². The lowest BCUT2D eigenvalue weighted by Crippen LogP contribution is -2.30. The topological polar surface area (TPSA) is 43.1 Å². The van der Waals surface area contributed by atoms with E-state index in [-0.39, 0.29) is 11.8 Å². The molecule has 0 aromatic heterocycles. The highest BCUT2D eigenvalue weighted by molar-refractivity contribution is 5.42. The Bertz CT molecular complexity index is 489. The minimum absolute atomic E-state index is 0.250. The third kappa shape index (κ3) is 3.52. The monoisotopic (exact) mass is 281 g/mol. The highest BCUT2D eigenvalue weighted by Gasteiger charge is 2.35. The summed E-state index contributed by atoms with van der Waals surface area (Å²) in [5.41, 5.74) is 7.42. The molecular weight excluding hydrogens is 258 g/mol. The lowest BCUT2D eigenvalue weighted by Gasteiger charge is -2.38. The van der Waals surface area contributed by atoms with Gasteiger partial charge in [0.15, 0.2) is 0 Å². The van der Waals surface area contributed by atoms with E-state index >= 15 is 0 Å². The summed E-state index contributed by atoms with van der Waals surface area (Å²) in [5.74, 6) is 0. The van der Waals surface area contributed by atoms with Crippen LogP contribution < -0.4 is 5.73 Å². The van der Waals surface area contributed by atoms with Crippen molar-refractivity contribution in [1.29, 1.82) is 0 Å². The fourth-order valence-corrected chi connectivity index (χ4v) is 3.41. The molecule has 0 heterocycles. The third-order valence-corrected chi connectivity index (χ3v) is 4.36. The molecule has 110 valence electrons. The number of nitrogens with two attached hydrogens (primary N) is 1. The van der Waals surface area contributed by atoms with Crippen molar-refractivity contribution in [2.75, 3.05) is 0 Å². The molecule has 0 atom stereocenters. The van der Waals surface area contributed by atoms with Gasteiger partial charge in [0, 0.05) is 5.41 Å². The fourth-order valence-electron chi connectivity index (χ4n) is 3.41. The van der Waals surface area contributed by atoms with E-state index in [0.29, 0.717) is 0 Å². The van der Waals surface area contributed by atoms with Gasteiger partial charge in [0.05, 0.1) is 0 Å². The first kappa shape index (κ1) is 15.3. The van der Waals surface area contributed by atoms with Gasteiger partial charge in [-0.2, -0.15) is 0 Å². The molecule has 0 unspecified atom stereocenters. The predicted molar refractivity (Wildman–Crippen MR) is 87.0 cm³/mol. The highest BCUT2D eigenvalue weighted by Crippen LogP contribution is 2.44. The fraction of sp³-hybridized carbons (Fsp3) is 0.316. The van der Waals surface area contributed by atoms with Crippen molar-refractivity contribution >= 4 is 6.41 Å². The molecule has 0 radical (unpaired) electrons. The number of primary amides is 1. The van der Waals surface area contributed by atoms with Crippen LogP contribution in [0.25, 0.3) is 0 Å². The van der Waals surface area contributed by atoms with E-state index in [9.17, 15) is 0 Å². The van der Waals surface area contributed by atoms with Gasteiger partial charge in [-0.05, 0) is 24.0 Å². The van der Waals surface area contributed by atoms with Gasteiger partial charge in [-0.15, -0.1) is 0 Å². The summed E-state index contributed by atoms with van der Waals surface area (Å²) < 4.78 is 0. The quantitative estimate of drug-likeness (QED) is 0.829. The van der Waals surface area contributed by atoms with Crippen LogP contribution in [-0.2, 0) is 10.2 Å². The van der Waals surface area contributed by atoms with E-state index in [1.807, 2.05) is 0 Å². The van der Waals surface area contributed by atoms with E-state index in [4.69, 9.17) is 4.79 Å². The zero-order valence-electron chi connectivity index (χ0n) is 12.4. The molecule has 1 saturated carbocycles. The SMILES string of the molecule is NC=O.c1ccc(C2(c3ccccc3)CCCCC2)cc1. The number of hydrogen-bond donors (Lipinski definition) is 1. The van der Waals surface area contributed by atoms with E-state index in [2.05, 4.69) is 66.4 Å². The maximum atomic E-state index is 8.58. The Morgan fingerprint density at radius 2 is 1.14 bits per heavy atom. The molecular formula is C19H23NO. The van der Waals surface area contributed by atoms with Crippen molar-refractivity contribution in [2.45, 2.75) is 37.5 Å². The second kappa shape index (κ2) is 7.63. The molecule has 0 spiro atoms. The summed E-state index contributed by atoms with van der Waals surface area (Å²) >= 11 is 0. The smallest absolute Gasteiger partial charge is 0.204 e. The van der Waals surface area contributed by atoms with Gasteiger partial charge >= 0.3 is 0 Å². The number of amides is 1. The lowest BCUT2D eigenvalue weighted by molar-refractivity contribution is -0.106. The largest absolute Gasteiger partial charge is 0.372 e. The van der Waals surface area contributed by atoms with Gasteiger partial charge in [-0.3, -0.25) is 4.79 Å². The van der Waals surface area contributed by atoms with E-state index in [1.165, 1.54) is 43.2 Å². The maximum Gasteiger partial charge on any atom is 0.204 e. The summed E-state index contributed by atoms with van der Waals surface area (Å²) in [6, 6.07) is 22.1. The number of hydrogen-bond acceptors (Lipinski definition) is 1. The molecule has 21 heavy (non-hydrogen) atoms. The van der Waals surface area contributed by atoms with Crippen molar-refractivity contribution in [3.8, 4) is 0 Å². The van der Waals surface area contributed by atoms with Crippen LogP contribution in [0.15, 0.2) is 60.7 Å². The Hall–Kier alpha value is -2.09. The molecule has 0 saturated heterocycles. The predicted octanol–water partition coefficient (Wildman–Crippen LogP) is 4.04. The van der Waals surface area contributed by atoms with Gasteiger partial charge in [0.25, 0.3) is 0 Å². The molecule has 1 amide bonds. The van der Waals surface area contributed by atoms with Crippen molar-refractivity contribution in [3.63, 3.8) is 0 Å². The maximum absolute atomic E-state index is 8.58. The zero-order chi connectivity index (χ0) is 15.0. The number of carbonyl (C=O) groups excluding carboxylic acids is 1. The molecule has 1 aliphatic carbocycles. The van der Waals surface area contributed by atoms with E-state index in [1.54, 1.807) is 0 Å². The van der Waals surface area contributed by atoms with Crippen LogP contribution in [0.1, 0.15) is 43.2 Å². The third-order valence-electron chi connectivity index (χ3n) is 4.36. The van der Waals surface area contributed by atoms with Gasteiger partial charge in [0.1, 0.15) is 0 Å². The van der Waals surface area contributed by atoms with Crippen LogP contribution in [0.5, 0.6) is 0 Å². The van der Waals surface area contributed by atoms with Gasteiger partial charge in [0.2, 0.25) is 6.41 Å². The molecule has 2 nitrogen and oxygen atoms in total. The number of carbonyl (C=O) groups is 1. The molecule has 0 bridgehead atoms. The Morgan fingerprint density at radius 3 is 1.52 bits per heavy atom. The van der Waals surface area contributed by atoms with Crippen LogP contribution in [-0.4, -0.2) is 6.41 Å². The Balaban J connectivity index is 0.000000497. The zero-order valence-corrected chi connectivity index (χ0v) is 12.4. The molecule has 2 aromatic rings. The summed E-state index contributed by atoms with van der Waals surface area (Å²) in [4.78, 5) is 8.58. The number of benzene rings is 2. The molecule has 2 N–H and O–H groups in total. The average molecular weight is 281 g/mol.